The summed E-state index contributed by atoms with van der Waals surface area (Å²) in [6.45, 7) is 3.63. The largest absolute Gasteiger partial charge is 0.497 e. The molecule has 25 heavy (non-hydrogen) atoms. The molecule has 1 aromatic carbocycles. The molecule has 1 aromatic heterocycles. The summed E-state index contributed by atoms with van der Waals surface area (Å²) in [5, 5.41) is 0.742. The van der Waals surface area contributed by atoms with Gasteiger partial charge in [0.2, 0.25) is 0 Å². The van der Waals surface area contributed by atoms with E-state index in [0.717, 1.165) is 5.39 Å². The molecule has 0 radical (unpaired) electrons. The van der Waals surface area contributed by atoms with Gasteiger partial charge in [0.25, 0.3) is 0 Å². The van der Waals surface area contributed by atoms with Gasteiger partial charge in [0, 0.05) is 12.5 Å². The van der Waals surface area contributed by atoms with Crippen LogP contribution in [0.25, 0.3) is 11.0 Å². The van der Waals surface area contributed by atoms with E-state index < -0.39 is 36.0 Å². The Kier molecular flexibility index (Phi) is 3.84. The zero-order valence-corrected chi connectivity index (χ0v) is 14.5. The zero-order chi connectivity index (χ0) is 17.8. The molecule has 4 rings (SSSR count). The first-order valence-electron chi connectivity index (χ1n) is 8.07. The number of hydrogen-bond acceptors (Lipinski definition) is 7. The third kappa shape index (κ3) is 2.73. The number of methoxy groups -OCH3 is 2. The second-order valence-electron chi connectivity index (χ2n) is 6.62. The minimum absolute atomic E-state index is 0.368. The minimum atomic E-state index is -0.751. The molecule has 7 nitrogen and oxygen atoms in total. The maximum absolute atomic E-state index is 12.5. The van der Waals surface area contributed by atoms with Gasteiger partial charge in [-0.1, -0.05) is 0 Å². The topological polar surface area (TPSA) is 76.4 Å². The second kappa shape index (κ2) is 5.81. The summed E-state index contributed by atoms with van der Waals surface area (Å²) in [5.41, 5.74) is 0.381. The highest BCUT2D eigenvalue weighted by Crippen LogP contribution is 2.44. The maximum atomic E-state index is 12.5. The molecule has 2 aliphatic heterocycles. The van der Waals surface area contributed by atoms with E-state index in [9.17, 15) is 4.79 Å². The van der Waals surface area contributed by atoms with Crippen LogP contribution in [0.5, 0.6) is 5.75 Å². The number of hydrogen-bond donors (Lipinski definition) is 0. The molecule has 0 N–H and O–H groups in total. The van der Waals surface area contributed by atoms with Gasteiger partial charge in [-0.2, -0.15) is 0 Å². The fourth-order valence-corrected chi connectivity index (χ4v) is 3.43. The van der Waals surface area contributed by atoms with Crippen LogP contribution in [0.2, 0.25) is 0 Å². The first-order chi connectivity index (χ1) is 11.9. The Balaban J connectivity index is 1.74. The van der Waals surface area contributed by atoms with Gasteiger partial charge in [0.15, 0.2) is 12.1 Å². The Labute approximate surface area is 144 Å². The molecule has 0 saturated carbocycles. The minimum Gasteiger partial charge on any atom is -0.497 e. The van der Waals surface area contributed by atoms with E-state index in [1.807, 2.05) is 13.8 Å². The molecule has 2 saturated heterocycles. The lowest BCUT2D eigenvalue weighted by atomic mass is 10.0. The third-order valence-corrected chi connectivity index (χ3v) is 4.54. The summed E-state index contributed by atoms with van der Waals surface area (Å²) in [7, 11) is 3.14. The van der Waals surface area contributed by atoms with Crippen LogP contribution >= 0.6 is 0 Å². The Morgan fingerprint density at radius 1 is 1.12 bits per heavy atom. The molecule has 0 spiro atoms. The van der Waals surface area contributed by atoms with Gasteiger partial charge in [-0.05, 0) is 38.1 Å². The Hall–Kier alpha value is -1.93. The lowest BCUT2D eigenvalue weighted by Crippen LogP contribution is -2.34. The van der Waals surface area contributed by atoms with Gasteiger partial charge in [-0.25, -0.2) is 4.79 Å². The van der Waals surface area contributed by atoms with E-state index in [-0.39, 0.29) is 0 Å². The predicted molar refractivity (Wildman–Crippen MR) is 87.5 cm³/mol. The molecule has 0 aliphatic carbocycles. The number of ether oxygens (including phenoxy) is 5. The van der Waals surface area contributed by atoms with E-state index >= 15 is 0 Å². The van der Waals surface area contributed by atoms with Crippen LogP contribution in [0.4, 0.5) is 0 Å². The zero-order valence-electron chi connectivity index (χ0n) is 14.5. The van der Waals surface area contributed by atoms with Crippen molar-refractivity contribution in [3.63, 3.8) is 0 Å². The van der Waals surface area contributed by atoms with Crippen molar-refractivity contribution in [2.24, 2.45) is 0 Å². The Bertz CT molecular complexity index is 856. The van der Waals surface area contributed by atoms with Crippen molar-refractivity contribution < 1.29 is 28.1 Å². The summed E-state index contributed by atoms with van der Waals surface area (Å²) in [5.74, 6) is -0.0772. The van der Waals surface area contributed by atoms with Crippen molar-refractivity contribution in [2.45, 2.75) is 44.2 Å². The van der Waals surface area contributed by atoms with Crippen LogP contribution in [-0.4, -0.2) is 38.5 Å². The quantitative estimate of drug-likeness (QED) is 0.788. The molecule has 0 unspecified atom stereocenters. The van der Waals surface area contributed by atoms with E-state index in [4.69, 9.17) is 28.1 Å². The van der Waals surface area contributed by atoms with Crippen molar-refractivity contribution in [3.8, 4) is 5.75 Å². The lowest BCUT2D eigenvalue weighted by Gasteiger charge is -2.24. The molecule has 4 atom stereocenters. The first kappa shape index (κ1) is 16.5. The summed E-state index contributed by atoms with van der Waals surface area (Å²) in [6.07, 6.45) is -2.11. The summed E-state index contributed by atoms with van der Waals surface area (Å²) in [6, 6.07) is 6.98. The van der Waals surface area contributed by atoms with Crippen LogP contribution < -0.4 is 10.4 Å². The standard InChI is InChI=1S/C18H20O7/c1-18(2)24-15-14(21-4)13(23-17(15)25-18)11-8-9-7-10(20-3)5-6-12(9)22-16(11)19/h5-8,13-15,17H,1-4H3/t13-,14+,15-,17-/m1/s1. The number of benzene rings is 1. The van der Waals surface area contributed by atoms with Gasteiger partial charge in [0.1, 0.15) is 29.6 Å². The highest BCUT2D eigenvalue weighted by Gasteiger charge is 2.56. The van der Waals surface area contributed by atoms with Crippen LogP contribution in [0.1, 0.15) is 25.5 Å². The molecule has 2 fully saturated rings. The molecule has 134 valence electrons. The predicted octanol–water partition coefficient (Wildman–Crippen LogP) is 2.37. The van der Waals surface area contributed by atoms with E-state index in [1.165, 1.54) is 0 Å². The van der Waals surface area contributed by atoms with Gasteiger partial charge in [-0.3, -0.25) is 0 Å². The summed E-state index contributed by atoms with van der Waals surface area (Å²) >= 11 is 0. The average molecular weight is 348 g/mol. The van der Waals surface area contributed by atoms with E-state index in [0.29, 0.717) is 16.9 Å². The molecule has 2 aromatic rings. The number of fused-ring (bicyclic) bond motifs is 2. The van der Waals surface area contributed by atoms with Crippen LogP contribution in [0.3, 0.4) is 0 Å². The Morgan fingerprint density at radius 2 is 1.92 bits per heavy atom. The van der Waals surface area contributed by atoms with Crippen molar-refractivity contribution >= 4 is 11.0 Å². The first-order valence-corrected chi connectivity index (χ1v) is 8.07. The monoisotopic (exact) mass is 348 g/mol. The SMILES string of the molecule is COc1ccc2oc(=O)c([C@H]3O[C@@H]4OC(C)(C)O[C@@H]4[C@H]3OC)cc2c1. The normalized spacial score (nSPS) is 30.6. The number of rotatable bonds is 3. The molecule has 0 amide bonds. The maximum Gasteiger partial charge on any atom is 0.342 e. The average Bonchev–Trinajstić information content (AvgIpc) is 3.04. The van der Waals surface area contributed by atoms with Gasteiger partial charge in [0.05, 0.1) is 12.7 Å². The summed E-state index contributed by atoms with van der Waals surface area (Å²) < 4.78 is 33.8. The fraction of sp³-hybridized carbons (Fsp3) is 0.500. The second-order valence-corrected chi connectivity index (χ2v) is 6.62. The van der Waals surface area contributed by atoms with Crippen molar-refractivity contribution in [1.82, 2.24) is 0 Å². The smallest absolute Gasteiger partial charge is 0.342 e. The van der Waals surface area contributed by atoms with E-state index in [1.54, 1.807) is 38.5 Å². The van der Waals surface area contributed by atoms with Crippen LogP contribution in [0, 0.1) is 0 Å². The summed E-state index contributed by atoms with van der Waals surface area (Å²) in [4.78, 5) is 12.5. The van der Waals surface area contributed by atoms with Crippen molar-refractivity contribution in [1.29, 1.82) is 0 Å². The van der Waals surface area contributed by atoms with Crippen molar-refractivity contribution in [3.05, 3.63) is 40.2 Å². The molecule has 7 heteroatoms. The third-order valence-electron chi connectivity index (χ3n) is 4.54. The molecular weight excluding hydrogens is 328 g/mol. The van der Waals surface area contributed by atoms with Gasteiger partial charge < -0.3 is 28.1 Å². The lowest BCUT2D eigenvalue weighted by molar-refractivity contribution is -0.218. The van der Waals surface area contributed by atoms with Crippen LogP contribution in [0.15, 0.2) is 33.5 Å². The highest BCUT2D eigenvalue weighted by molar-refractivity contribution is 5.78. The molecule has 3 heterocycles. The van der Waals surface area contributed by atoms with E-state index in [2.05, 4.69) is 0 Å². The van der Waals surface area contributed by atoms with Gasteiger partial charge >= 0.3 is 5.63 Å². The van der Waals surface area contributed by atoms with Crippen LogP contribution in [-0.2, 0) is 18.9 Å². The molecular formula is C18H20O7. The highest BCUT2D eigenvalue weighted by atomic mass is 16.8. The Morgan fingerprint density at radius 3 is 2.64 bits per heavy atom. The molecule has 0 bridgehead atoms. The van der Waals surface area contributed by atoms with Gasteiger partial charge in [-0.15, -0.1) is 0 Å². The fourth-order valence-electron chi connectivity index (χ4n) is 3.43. The van der Waals surface area contributed by atoms with Crippen molar-refractivity contribution in [2.75, 3.05) is 14.2 Å². The molecule has 2 aliphatic rings.